The second kappa shape index (κ2) is 11.8. The van der Waals surface area contributed by atoms with Gasteiger partial charge in [-0.1, -0.05) is 67.4 Å². The van der Waals surface area contributed by atoms with Crippen molar-refractivity contribution >= 4 is 18.4 Å². The van der Waals surface area contributed by atoms with Crippen LogP contribution in [0.1, 0.15) is 30.0 Å². The van der Waals surface area contributed by atoms with Gasteiger partial charge >= 0.3 is 21.7 Å². The summed E-state index contributed by atoms with van der Waals surface area (Å²) in [6.07, 6.45) is 2.44. The van der Waals surface area contributed by atoms with Crippen molar-refractivity contribution in [1.82, 2.24) is 0 Å². The summed E-state index contributed by atoms with van der Waals surface area (Å²) in [4.78, 5) is 0. The largest absolute Gasteiger partial charge is 4.00 e. The normalized spacial score (nSPS) is 9.78. The molecule has 0 saturated carbocycles. The van der Waals surface area contributed by atoms with Crippen LogP contribution in [0.25, 0.3) is 0 Å². The zero-order valence-electron chi connectivity index (χ0n) is 14.5. The van der Waals surface area contributed by atoms with E-state index in [1.807, 2.05) is 0 Å². The van der Waals surface area contributed by atoms with Crippen LogP contribution in [0, 0.1) is 13.8 Å². The molecule has 0 aliphatic heterocycles. The van der Waals surface area contributed by atoms with Gasteiger partial charge in [-0.05, 0) is 13.8 Å². The van der Waals surface area contributed by atoms with E-state index in [0.717, 1.165) is 0 Å². The Bertz CT molecular complexity index is 559. The maximum Gasteiger partial charge on any atom is 4.00 e. The van der Waals surface area contributed by atoms with E-state index in [9.17, 15) is 0 Å². The first-order valence-corrected chi connectivity index (χ1v) is 10.3. The number of rotatable bonds is 4. The van der Waals surface area contributed by atoms with Crippen molar-refractivity contribution < 1.29 is 58.9 Å². The minimum atomic E-state index is -1.53. The van der Waals surface area contributed by atoms with Gasteiger partial charge in [-0.25, -0.2) is 6.07 Å². The van der Waals surface area contributed by atoms with Crippen molar-refractivity contribution in [3.05, 3.63) is 53.1 Å². The molecule has 2 rings (SSSR count). The summed E-state index contributed by atoms with van der Waals surface area (Å²) in [6.45, 7) is 11.6. The molecule has 0 spiro atoms. The zero-order chi connectivity index (χ0) is 14.0. The standard InChI is InChI=1S/C18H25Si.3ClH.Ti/c1-6-7-16-8-9-17(13-16)19(4,5)18-11-14(2)10-15(3)12-18;;;;/h8-13H,6-7H2,1-5H3;3*1H;/q-1;;;;+4/p-3. The first kappa shape index (κ1) is 28.2. The molecule has 126 valence electrons. The number of hydrogen-bond donors (Lipinski definition) is 0. The molecule has 0 radical (unpaired) electrons. The molecule has 23 heavy (non-hydrogen) atoms. The molecule has 0 heterocycles. The third-order valence-corrected chi connectivity index (χ3v) is 7.51. The van der Waals surface area contributed by atoms with E-state index in [-0.39, 0.29) is 58.9 Å². The van der Waals surface area contributed by atoms with Crippen molar-refractivity contribution in [1.29, 1.82) is 0 Å². The Morgan fingerprint density at radius 2 is 1.48 bits per heavy atom. The molecule has 0 saturated heterocycles. The molecule has 0 fully saturated rings. The van der Waals surface area contributed by atoms with Gasteiger partial charge in [0.1, 0.15) is 0 Å². The molecule has 0 nitrogen and oxygen atoms in total. The third kappa shape index (κ3) is 7.02. The second-order valence-electron chi connectivity index (χ2n) is 6.26. The summed E-state index contributed by atoms with van der Waals surface area (Å²) in [5.74, 6) is 0. The van der Waals surface area contributed by atoms with Gasteiger partial charge in [-0.15, -0.1) is 0 Å². The summed E-state index contributed by atoms with van der Waals surface area (Å²) in [5.41, 5.74) is 4.27. The molecule has 2 aromatic rings. The number of aryl methyl sites for hydroxylation is 3. The Morgan fingerprint density at radius 3 is 1.96 bits per heavy atom. The van der Waals surface area contributed by atoms with Crippen LogP contribution < -0.4 is 47.6 Å². The van der Waals surface area contributed by atoms with Crippen LogP contribution in [-0.4, -0.2) is 8.07 Å². The summed E-state index contributed by atoms with van der Waals surface area (Å²) in [5, 5.41) is 3.12. The van der Waals surface area contributed by atoms with E-state index in [1.165, 1.54) is 29.5 Å². The fraction of sp³-hybridized carbons (Fsp3) is 0.389. The molecule has 0 N–H and O–H groups in total. The van der Waals surface area contributed by atoms with Gasteiger partial charge in [0.25, 0.3) is 0 Å². The average molecular weight is 424 g/mol. The minimum Gasteiger partial charge on any atom is -1.00 e. The molecule has 0 amide bonds. The minimum absolute atomic E-state index is 0. The van der Waals surface area contributed by atoms with Crippen LogP contribution in [0.15, 0.2) is 36.4 Å². The van der Waals surface area contributed by atoms with Crippen LogP contribution in [0.3, 0.4) is 0 Å². The molecule has 5 heteroatoms. The van der Waals surface area contributed by atoms with E-state index < -0.39 is 8.07 Å². The van der Waals surface area contributed by atoms with Crippen LogP contribution in [-0.2, 0) is 28.1 Å². The Balaban J connectivity index is -0.000001000. The molecule has 0 atom stereocenters. The Hall–Kier alpha value is 0.371. The molecule has 2 aromatic carbocycles. The van der Waals surface area contributed by atoms with E-state index in [1.54, 1.807) is 10.4 Å². The van der Waals surface area contributed by atoms with Gasteiger partial charge in [0.05, 0.1) is 8.07 Å². The van der Waals surface area contributed by atoms with E-state index >= 15 is 0 Å². The molecule has 0 aliphatic carbocycles. The molecule has 0 unspecified atom stereocenters. The van der Waals surface area contributed by atoms with Crippen LogP contribution in [0.4, 0.5) is 0 Å². The summed E-state index contributed by atoms with van der Waals surface area (Å²) in [6, 6.07) is 14.1. The maximum absolute atomic E-state index is 2.46. The van der Waals surface area contributed by atoms with Gasteiger partial charge in [0.2, 0.25) is 0 Å². The number of halogens is 3. The fourth-order valence-corrected chi connectivity index (χ4v) is 5.38. The number of hydrogen-bond acceptors (Lipinski definition) is 0. The first-order chi connectivity index (χ1) is 8.93. The van der Waals surface area contributed by atoms with Crippen LogP contribution in [0.2, 0.25) is 13.1 Å². The van der Waals surface area contributed by atoms with Gasteiger partial charge in [0, 0.05) is 0 Å². The van der Waals surface area contributed by atoms with Crippen molar-refractivity contribution in [2.45, 2.75) is 46.7 Å². The molecule has 0 aromatic heterocycles. The summed E-state index contributed by atoms with van der Waals surface area (Å²) in [7, 11) is -1.53. The monoisotopic (exact) mass is 422 g/mol. The smallest absolute Gasteiger partial charge is 1.00 e. The van der Waals surface area contributed by atoms with E-state index in [4.69, 9.17) is 0 Å². The first-order valence-electron chi connectivity index (χ1n) is 7.28. The van der Waals surface area contributed by atoms with Crippen molar-refractivity contribution in [2.24, 2.45) is 0 Å². The number of benzene rings is 1. The fourth-order valence-electron chi connectivity index (χ4n) is 2.83. The van der Waals surface area contributed by atoms with E-state index in [2.05, 4.69) is 70.3 Å². The third-order valence-electron chi connectivity index (χ3n) is 4.02. The van der Waals surface area contributed by atoms with Gasteiger partial charge in [0.15, 0.2) is 0 Å². The predicted molar refractivity (Wildman–Crippen MR) is 88.7 cm³/mol. The second-order valence-corrected chi connectivity index (χ2v) is 10.7. The summed E-state index contributed by atoms with van der Waals surface area (Å²) >= 11 is 0. The van der Waals surface area contributed by atoms with Crippen molar-refractivity contribution in [3.63, 3.8) is 0 Å². The van der Waals surface area contributed by atoms with Crippen LogP contribution >= 0.6 is 0 Å². The van der Waals surface area contributed by atoms with Gasteiger partial charge in [-0.3, -0.25) is 0 Å². The van der Waals surface area contributed by atoms with Gasteiger partial charge in [-0.2, -0.15) is 22.9 Å². The zero-order valence-corrected chi connectivity index (χ0v) is 19.3. The van der Waals surface area contributed by atoms with Gasteiger partial charge < -0.3 is 37.2 Å². The van der Waals surface area contributed by atoms with E-state index in [0.29, 0.717) is 0 Å². The SMILES string of the molecule is CCCc1cc[c-]([Si](C)(C)c2cc(C)cc(C)c2)c1.[Cl-].[Cl-].[Cl-].[Ti+4]. The maximum atomic E-state index is 2.46. The summed E-state index contributed by atoms with van der Waals surface area (Å²) < 4.78 is 0. The Morgan fingerprint density at radius 1 is 0.957 bits per heavy atom. The molecular weight excluding hydrogens is 399 g/mol. The Labute approximate surface area is 176 Å². The molecule has 0 bridgehead atoms. The Kier molecular flexibility index (Phi) is 14.5. The average Bonchev–Trinajstić information content (AvgIpc) is 2.77. The predicted octanol–water partition coefficient (Wildman–Crippen LogP) is -5.19. The quantitative estimate of drug-likeness (QED) is 0.341. The van der Waals surface area contributed by atoms with Crippen LogP contribution in [0.5, 0.6) is 0 Å². The molecule has 0 aliphatic rings. The van der Waals surface area contributed by atoms with Crippen molar-refractivity contribution in [3.8, 4) is 0 Å². The topological polar surface area (TPSA) is 0 Å². The molecular formula is C18H25Cl3SiTi. The van der Waals surface area contributed by atoms with Crippen molar-refractivity contribution in [2.75, 3.05) is 0 Å².